The van der Waals surface area contributed by atoms with E-state index in [-0.39, 0.29) is 12.6 Å². The number of urea groups is 1. The van der Waals surface area contributed by atoms with Gasteiger partial charge in [-0.15, -0.1) is 0 Å². The second-order valence-corrected chi connectivity index (χ2v) is 6.01. The summed E-state index contributed by atoms with van der Waals surface area (Å²) in [5.74, 6) is 0.585. The molecule has 6 heteroatoms. The summed E-state index contributed by atoms with van der Waals surface area (Å²) < 4.78 is 1.69. The molecule has 0 bridgehead atoms. The molecule has 22 heavy (non-hydrogen) atoms. The normalized spacial score (nSPS) is 11.3. The van der Waals surface area contributed by atoms with Crippen LogP contribution in [0.15, 0.2) is 36.5 Å². The number of carbonyl (C=O) groups is 1. The molecule has 0 radical (unpaired) electrons. The van der Waals surface area contributed by atoms with Crippen molar-refractivity contribution in [3.63, 3.8) is 0 Å². The third-order valence-electron chi connectivity index (χ3n) is 3.19. The van der Waals surface area contributed by atoms with Crippen LogP contribution in [0.4, 0.5) is 10.6 Å². The second kappa shape index (κ2) is 6.19. The Hall–Kier alpha value is -2.34. The van der Waals surface area contributed by atoms with Crippen LogP contribution in [0.1, 0.15) is 19.4 Å². The van der Waals surface area contributed by atoms with E-state index in [1.54, 1.807) is 37.8 Å². The third-order valence-corrected chi connectivity index (χ3v) is 3.19. The van der Waals surface area contributed by atoms with Crippen molar-refractivity contribution in [2.75, 3.05) is 18.9 Å². The minimum absolute atomic E-state index is 0.233. The van der Waals surface area contributed by atoms with Gasteiger partial charge in [0.2, 0.25) is 0 Å². The molecule has 0 aliphatic heterocycles. The lowest BCUT2D eigenvalue weighted by atomic mass is 10.1. The number of hydrogen-bond acceptors (Lipinski definition) is 3. The predicted octanol–water partition coefficient (Wildman–Crippen LogP) is 2.42. The standard InChI is InChI=1S/C16H22N4O2/c1-12-7-5-6-8-13(12)20-14(9-10-17-20)18-15(21)19(4)11-16(2,3)22/h5-10,22H,11H2,1-4H3,(H,18,21). The largest absolute Gasteiger partial charge is 0.389 e. The number of anilines is 1. The molecule has 2 rings (SSSR count). The van der Waals surface area contributed by atoms with Crippen molar-refractivity contribution in [2.45, 2.75) is 26.4 Å². The zero-order valence-corrected chi connectivity index (χ0v) is 13.4. The number of hydrogen-bond donors (Lipinski definition) is 2. The van der Waals surface area contributed by atoms with E-state index in [1.165, 1.54) is 4.90 Å². The number of likely N-dealkylation sites (N-methyl/N-ethyl adjacent to an activating group) is 1. The number of aromatic nitrogens is 2. The second-order valence-electron chi connectivity index (χ2n) is 6.01. The quantitative estimate of drug-likeness (QED) is 0.911. The van der Waals surface area contributed by atoms with Gasteiger partial charge in [0.15, 0.2) is 0 Å². The number of benzene rings is 1. The van der Waals surface area contributed by atoms with Crippen LogP contribution in [0, 0.1) is 6.92 Å². The van der Waals surface area contributed by atoms with Gasteiger partial charge in [0.1, 0.15) is 5.82 Å². The van der Waals surface area contributed by atoms with Crippen molar-refractivity contribution in [1.29, 1.82) is 0 Å². The Labute approximate surface area is 130 Å². The van der Waals surface area contributed by atoms with Crippen LogP contribution in [-0.2, 0) is 0 Å². The van der Waals surface area contributed by atoms with Crippen molar-refractivity contribution in [3.8, 4) is 5.69 Å². The SMILES string of the molecule is Cc1ccccc1-n1nccc1NC(=O)N(C)CC(C)(C)O. The molecular weight excluding hydrogens is 280 g/mol. The highest BCUT2D eigenvalue weighted by atomic mass is 16.3. The lowest BCUT2D eigenvalue weighted by Crippen LogP contribution is -2.42. The Bertz CT molecular complexity index is 658. The van der Waals surface area contributed by atoms with Gasteiger partial charge in [-0.25, -0.2) is 9.48 Å². The molecule has 1 heterocycles. The van der Waals surface area contributed by atoms with Crippen molar-refractivity contribution >= 4 is 11.8 Å². The number of amides is 2. The molecule has 0 aliphatic rings. The first-order valence-corrected chi connectivity index (χ1v) is 7.12. The number of nitrogens with one attached hydrogen (secondary N) is 1. The third kappa shape index (κ3) is 3.85. The minimum Gasteiger partial charge on any atom is -0.389 e. The van der Waals surface area contributed by atoms with Crippen LogP contribution in [0.2, 0.25) is 0 Å². The van der Waals surface area contributed by atoms with Crippen LogP contribution >= 0.6 is 0 Å². The first-order chi connectivity index (χ1) is 10.3. The molecule has 2 aromatic rings. The maximum Gasteiger partial charge on any atom is 0.322 e. The first-order valence-electron chi connectivity index (χ1n) is 7.12. The van der Waals surface area contributed by atoms with E-state index in [2.05, 4.69) is 10.4 Å². The summed E-state index contributed by atoms with van der Waals surface area (Å²) in [7, 11) is 1.64. The average molecular weight is 302 g/mol. The summed E-state index contributed by atoms with van der Waals surface area (Å²) in [6.07, 6.45) is 1.64. The van der Waals surface area contributed by atoms with Crippen LogP contribution in [0.25, 0.3) is 5.69 Å². The number of carbonyl (C=O) groups excluding carboxylic acids is 1. The van der Waals surface area contributed by atoms with Gasteiger partial charge < -0.3 is 10.0 Å². The van der Waals surface area contributed by atoms with E-state index in [4.69, 9.17) is 0 Å². The van der Waals surface area contributed by atoms with Gasteiger partial charge in [-0.05, 0) is 32.4 Å². The Morgan fingerprint density at radius 3 is 2.68 bits per heavy atom. The molecule has 6 nitrogen and oxygen atoms in total. The summed E-state index contributed by atoms with van der Waals surface area (Å²) in [6.45, 7) is 5.54. The average Bonchev–Trinajstić information content (AvgIpc) is 2.85. The topological polar surface area (TPSA) is 70.4 Å². The van der Waals surface area contributed by atoms with Crippen LogP contribution < -0.4 is 5.32 Å². The Morgan fingerprint density at radius 1 is 1.36 bits per heavy atom. The summed E-state index contributed by atoms with van der Waals surface area (Å²) >= 11 is 0. The Morgan fingerprint density at radius 2 is 2.05 bits per heavy atom. The van der Waals surface area contributed by atoms with Crippen LogP contribution in [0.5, 0.6) is 0 Å². The molecule has 0 saturated carbocycles. The maximum absolute atomic E-state index is 12.2. The van der Waals surface area contributed by atoms with Crippen LogP contribution in [-0.4, -0.2) is 45.0 Å². The molecule has 0 aliphatic carbocycles. The summed E-state index contributed by atoms with van der Waals surface area (Å²) in [5, 5.41) is 16.9. The molecule has 2 N–H and O–H groups in total. The number of aliphatic hydroxyl groups is 1. The highest BCUT2D eigenvalue weighted by Gasteiger charge is 2.20. The van der Waals surface area contributed by atoms with E-state index in [1.807, 2.05) is 31.2 Å². The lowest BCUT2D eigenvalue weighted by molar-refractivity contribution is 0.0550. The Balaban J connectivity index is 2.17. The van der Waals surface area contributed by atoms with E-state index >= 15 is 0 Å². The van der Waals surface area contributed by atoms with Crippen molar-refractivity contribution in [2.24, 2.45) is 0 Å². The van der Waals surface area contributed by atoms with Gasteiger partial charge in [0, 0.05) is 13.1 Å². The summed E-state index contributed by atoms with van der Waals surface area (Å²) in [4.78, 5) is 13.7. The smallest absolute Gasteiger partial charge is 0.322 e. The van der Waals surface area contributed by atoms with E-state index < -0.39 is 5.60 Å². The molecule has 2 amide bonds. The van der Waals surface area contributed by atoms with Gasteiger partial charge in [-0.1, -0.05) is 18.2 Å². The maximum atomic E-state index is 12.2. The number of para-hydroxylation sites is 1. The summed E-state index contributed by atoms with van der Waals surface area (Å²) in [6, 6.07) is 9.26. The van der Waals surface area contributed by atoms with Gasteiger partial charge in [0.05, 0.1) is 24.0 Å². The molecular formula is C16H22N4O2. The summed E-state index contributed by atoms with van der Waals surface area (Å²) in [5.41, 5.74) is 1.03. The van der Waals surface area contributed by atoms with Crippen LogP contribution in [0.3, 0.4) is 0 Å². The number of rotatable bonds is 4. The lowest BCUT2D eigenvalue weighted by Gasteiger charge is -2.25. The van der Waals surface area contributed by atoms with E-state index in [0.29, 0.717) is 5.82 Å². The molecule has 1 aromatic heterocycles. The van der Waals surface area contributed by atoms with E-state index in [9.17, 15) is 9.90 Å². The van der Waals surface area contributed by atoms with Crippen molar-refractivity contribution in [1.82, 2.24) is 14.7 Å². The Kier molecular flexibility index (Phi) is 4.51. The number of aryl methyl sites for hydroxylation is 1. The minimum atomic E-state index is -0.942. The molecule has 0 fully saturated rings. The highest BCUT2D eigenvalue weighted by Crippen LogP contribution is 2.18. The van der Waals surface area contributed by atoms with E-state index in [0.717, 1.165) is 11.3 Å². The van der Waals surface area contributed by atoms with Gasteiger partial charge >= 0.3 is 6.03 Å². The highest BCUT2D eigenvalue weighted by molar-refractivity contribution is 5.88. The molecule has 0 unspecified atom stereocenters. The van der Waals surface area contributed by atoms with Gasteiger partial charge in [0.25, 0.3) is 0 Å². The zero-order valence-electron chi connectivity index (χ0n) is 13.4. The fourth-order valence-corrected chi connectivity index (χ4v) is 2.25. The fraction of sp³-hybridized carbons (Fsp3) is 0.375. The molecule has 118 valence electrons. The number of nitrogens with zero attached hydrogens (tertiary/aromatic N) is 3. The van der Waals surface area contributed by atoms with Gasteiger partial charge in [-0.2, -0.15) is 5.10 Å². The molecule has 0 saturated heterocycles. The fourth-order valence-electron chi connectivity index (χ4n) is 2.25. The van der Waals surface area contributed by atoms with Crippen molar-refractivity contribution in [3.05, 3.63) is 42.1 Å². The van der Waals surface area contributed by atoms with Crippen molar-refractivity contribution < 1.29 is 9.90 Å². The molecule has 0 spiro atoms. The molecule has 1 aromatic carbocycles. The predicted molar refractivity (Wildman–Crippen MR) is 86.2 cm³/mol. The monoisotopic (exact) mass is 302 g/mol. The molecule has 0 atom stereocenters. The van der Waals surface area contributed by atoms with Gasteiger partial charge in [-0.3, -0.25) is 5.32 Å². The first kappa shape index (κ1) is 16.0. The zero-order chi connectivity index (χ0) is 16.3.